The van der Waals surface area contributed by atoms with E-state index in [1.54, 1.807) is 24.3 Å². The van der Waals surface area contributed by atoms with Crippen molar-refractivity contribution in [1.82, 2.24) is 10.9 Å². The standard InChI is InChI=1S/C26H27BrN2O4/c1-26(2,3)20-11-14-23(22(27)15-20)33-17-24(30)28-29-25(31)19-9-12-21(13-10-19)32-16-18-7-5-4-6-8-18/h4-15H,16-17H2,1-3H3,(H,28,30)(H,29,31). The molecule has 0 unspecified atom stereocenters. The minimum absolute atomic E-state index is 0.00886. The highest BCUT2D eigenvalue weighted by molar-refractivity contribution is 9.10. The molecule has 0 saturated carbocycles. The summed E-state index contributed by atoms with van der Waals surface area (Å²) in [4.78, 5) is 24.4. The Bertz CT molecular complexity index is 1090. The third-order valence-corrected chi connectivity index (χ3v) is 5.46. The molecule has 6 nitrogen and oxygen atoms in total. The number of hydrogen-bond donors (Lipinski definition) is 2. The molecule has 7 heteroatoms. The van der Waals surface area contributed by atoms with Crippen LogP contribution < -0.4 is 20.3 Å². The number of amides is 2. The van der Waals surface area contributed by atoms with Crippen LogP contribution in [0, 0.1) is 0 Å². The molecule has 2 N–H and O–H groups in total. The number of carbonyl (C=O) groups excluding carboxylic acids is 2. The molecule has 0 fully saturated rings. The van der Waals surface area contributed by atoms with Gasteiger partial charge in [-0.05, 0) is 68.9 Å². The van der Waals surface area contributed by atoms with Crippen molar-refractivity contribution < 1.29 is 19.1 Å². The molecule has 3 rings (SSSR count). The Morgan fingerprint density at radius 3 is 2.21 bits per heavy atom. The molecule has 172 valence electrons. The van der Waals surface area contributed by atoms with Gasteiger partial charge in [0.25, 0.3) is 11.8 Å². The maximum absolute atomic E-state index is 12.3. The summed E-state index contributed by atoms with van der Waals surface area (Å²) in [6.07, 6.45) is 0. The lowest BCUT2D eigenvalue weighted by atomic mass is 9.87. The van der Waals surface area contributed by atoms with Gasteiger partial charge in [-0.1, -0.05) is 57.2 Å². The zero-order chi connectivity index (χ0) is 23.8. The van der Waals surface area contributed by atoms with Crippen LogP contribution in [-0.2, 0) is 16.8 Å². The Balaban J connectivity index is 1.44. The van der Waals surface area contributed by atoms with Crippen LogP contribution in [0.5, 0.6) is 11.5 Å². The molecular formula is C26H27BrN2O4. The van der Waals surface area contributed by atoms with E-state index in [9.17, 15) is 9.59 Å². The van der Waals surface area contributed by atoms with Crippen LogP contribution in [0.25, 0.3) is 0 Å². The molecule has 0 bridgehead atoms. The van der Waals surface area contributed by atoms with Gasteiger partial charge in [0.1, 0.15) is 18.1 Å². The molecule has 0 atom stereocenters. The first kappa shape index (κ1) is 24.3. The Kier molecular flexibility index (Phi) is 8.11. The van der Waals surface area contributed by atoms with E-state index in [2.05, 4.69) is 47.6 Å². The van der Waals surface area contributed by atoms with E-state index in [-0.39, 0.29) is 12.0 Å². The van der Waals surface area contributed by atoms with Gasteiger partial charge in [-0.2, -0.15) is 0 Å². The van der Waals surface area contributed by atoms with Crippen molar-refractivity contribution in [1.29, 1.82) is 0 Å². The zero-order valence-corrected chi connectivity index (χ0v) is 20.4. The van der Waals surface area contributed by atoms with Crippen LogP contribution in [0.15, 0.2) is 77.3 Å². The fourth-order valence-electron chi connectivity index (χ4n) is 2.91. The van der Waals surface area contributed by atoms with Crippen molar-refractivity contribution in [2.75, 3.05) is 6.61 Å². The van der Waals surface area contributed by atoms with E-state index in [0.717, 1.165) is 15.6 Å². The summed E-state index contributed by atoms with van der Waals surface area (Å²) in [5.74, 6) is 0.290. The Labute approximate surface area is 202 Å². The van der Waals surface area contributed by atoms with E-state index < -0.39 is 11.8 Å². The van der Waals surface area contributed by atoms with Crippen molar-refractivity contribution in [2.24, 2.45) is 0 Å². The highest BCUT2D eigenvalue weighted by Gasteiger charge is 2.16. The van der Waals surface area contributed by atoms with Crippen LogP contribution in [0.3, 0.4) is 0 Å². The van der Waals surface area contributed by atoms with E-state index in [1.807, 2.05) is 48.5 Å². The SMILES string of the molecule is CC(C)(C)c1ccc(OCC(=O)NNC(=O)c2ccc(OCc3ccccc3)cc2)c(Br)c1. The van der Waals surface area contributed by atoms with Gasteiger partial charge >= 0.3 is 0 Å². The van der Waals surface area contributed by atoms with Crippen LogP contribution in [0.4, 0.5) is 0 Å². The molecule has 0 aromatic heterocycles. The largest absolute Gasteiger partial charge is 0.489 e. The first-order valence-corrected chi connectivity index (χ1v) is 11.3. The molecule has 0 heterocycles. The van der Waals surface area contributed by atoms with Crippen molar-refractivity contribution in [2.45, 2.75) is 32.8 Å². The Hall–Kier alpha value is -3.32. The van der Waals surface area contributed by atoms with Crippen molar-refractivity contribution in [3.63, 3.8) is 0 Å². The Morgan fingerprint density at radius 2 is 1.58 bits per heavy atom. The quantitative estimate of drug-likeness (QED) is 0.430. The second kappa shape index (κ2) is 11.0. The normalized spacial score (nSPS) is 10.9. The molecule has 33 heavy (non-hydrogen) atoms. The molecule has 3 aromatic carbocycles. The van der Waals surface area contributed by atoms with Gasteiger partial charge in [0.15, 0.2) is 6.61 Å². The highest BCUT2D eigenvalue weighted by atomic mass is 79.9. The summed E-state index contributed by atoms with van der Waals surface area (Å²) in [6, 6.07) is 22.3. The second-order valence-corrected chi connectivity index (χ2v) is 9.34. The predicted octanol–water partition coefficient (Wildman–Crippen LogP) is 5.17. The highest BCUT2D eigenvalue weighted by Crippen LogP contribution is 2.31. The van der Waals surface area contributed by atoms with E-state index >= 15 is 0 Å². The first-order valence-electron chi connectivity index (χ1n) is 10.5. The third kappa shape index (κ3) is 7.36. The molecule has 0 aliphatic rings. The van der Waals surface area contributed by atoms with Crippen LogP contribution >= 0.6 is 15.9 Å². The van der Waals surface area contributed by atoms with E-state index in [1.165, 1.54) is 0 Å². The number of carbonyl (C=O) groups is 2. The van der Waals surface area contributed by atoms with E-state index in [4.69, 9.17) is 9.47 Å². The minimum Gasteiger partial charge on any atom is -0.489 e. The molecule has 0 aliphatic carbocycles. The topological polar surface area (TPSA) is 76.7 Å². The van der Waals surface area contributed by atoms with Gasteiger partial charge in [0, 0.05) is 5.56 Å². The van der Waals surface area contributed by atoms with Gasteiger partial charge in [0.2, 0.25) is 0 Å². The molecule has 3 aromatic rings. The van der Waals surface area contributed by atoms with Crippen LogP contribution in [0.2, 0.25) is 0 Å². The number of ether oxygens (including phenoxy) is 2. The maximum Gasteiger partial charge on any atom is 0.276 e. The lowest BCUT2D eigenvalue weighted by Crippen LogP contribution is -2.43. The molecule has 0 spiro atoms. The Morgan fingerprint density at radius 1 is 0.879 bits per heavy atom. The van der Waals surface area contributed by atoms with Crippen molar-refractivity contribution in [3.8, 4) is 11.5 Å². The fraction of sp³-hybridized carbons (Fsp3) is 0.231. The lowest BCUT2D eigenvalue weighted by Gasteiger charge is -2.20. The number of benzene rings is 3. The van der Waals surface area contributed by atoms with Gasteiger partial charge in [-0.15, -0.1) is 0 Å². The molecule has 2 amide bonds. The lowest BCUT2D eigenvalue weighted by molar-refractivity contribution is -0.123. The molecule has 0 saturated heterocycles. The predicted molar refractivity (Wildman–Crippen MR) is 131 cm³/mol. The zero-order valence-electron chi connectivity index (χ0n) is 18.9. The summed E-state index contributed by atoms with van der Waals surface area (Å²) in [6.45, 7) is 6.57. The molecule has 0 radical (unpaired) electrons. The number of hydrogen-bond acceptors (Lipinski definition) is 4. The number of hydrazine groups is 1. The van der Waals surface area contributed by atoms with Gasteiger partial charge < -0.3 is 9.47 Å². The smallest absolute Gasteiger partial charge is 0.276 e. The fourth-order valence-corrected chi connectivity index (χ4v) is 3.40. The van der Waals surface area contributed by atoms with Gasteiger partial charge in [0.05, 0.1) is 4.47 Å². The monoisotopic (exact) mass is 510 g/mol. The average Bonchev–Trinajstić information content (AvgIpc) is 2.80. The van der Waals surface area contributed by atoms with Crippen molar-refractivity contribution >= 4 is 27.7 Å². The third-order valence-electron chi connectivity index (χ3n) is 4.84. The van der Waals surface area contributed by atoms with E-state index in [0.29, 0.717) is 23.7 Å². The molecule has 0 aliphatic heterocycles. The van der Waals surface area contributed by atoms with Crippen molar-refractivity contribution in [3.05, 3.63) is 94.0 Å². The number of rotatable bonds is 7. The molecular weight excluding hydrogens is 484 g/mol. The summed E-state index contributed by atoms with van der Waals surface area (Å²) >= 11 is 3.48. The summed E-state index contributed by atoms with van der Waals surface area (Å²) in [5.41, 5.74) is 7.35. The average molecular weight is 511 g/mol. The van der Waals surface area contributed by atoms with Crippen LogP contribution in [-0.4, -0.2) is 18.4 Å². The van der Waals surface area contributed by atoms with Crippen LogP contribution in [0.1, 0.15) is 42.3 Å². The summed E-state index contributed by atoms with van der Waals surface area (Å²) in [5, 5.41) is 0. The number of halogens is 1. The van der Waals surface area contributed by atoms with Gasteiger partial charge in [-0.3, -0.25) is 20.4 Å². The summed E-state index contributed by atoms with van der Waals surface area (Å²) in [7, 11) is 0. The summed E-state index contributed by atoms with van der Waals surface area (Å²) < 4.78 is 12.0. The minimum atomic E-state index is -0.474. The number of nitrogens with one attached hydrogen (secondary N) is 2. The van der Waals surface area contributed by atoms with Gasteiger partial charge in [-0.25, -0.2) is 0 Å². The maximum atomic E-state index is 12.3. The first-order chi connectivity index (χ1) is 15.7. The second-order valence-electron chi connectivity index (χ2n) is 8.48.